The molecular weight excluding hydrogens is 370 g/mol. The smallest absolute Gasteiger partial charge is 0.191 e. The maximum absolute atomic E-state index is 11.7. The van der Waals surface area contributed by atoms with Gasteiger partial charge < -0.3 is 15.5 Å². The molecule has 142 valence electrons. The van der Waals surface area contributed by atoms with Crippen LogP contribution in [-0.2, 0) is 22.9 Å². The summed E-state index contributed by atoms with van der Waals surface area (Å²) in [6, 6.07) is 5.34. The second-order valence-corrected chi connectivity index (χ2v) is 8.99. The van der Waals surface area contributed by atoms with Crippen LogP contribution in [0.15, 0.2) is 33.5 Å². The third kappa shape index (κ3) is 5.43. The maximum Gasteiger partial charge on any atom is 0.191 e. The lowest BCUT2D eigenvalue weighted by atomic mass is 10.1. The molecule has 0 unspecified atom stereocenters. The van der Waals surface area contributed by atoms with E-state index in [1.165, 1.54) is 6.26 Å². The summed E-state index contributed by atoms with van der Waals surface area (Å²) < 4.78 is 23.4. The van der Waals surface area contributed by atoms with E-state index in [0.717, 1.165) is 22.0 Å². The van der Waals surface area contributed by atoms with Gasteiger partial charge in [0, 0.05) is 39.3 Å². The number of aromatic nitrogens is 1. The quantitative estimate of drug-likeness (QED) is 0.573. The van der Waals surface area contributed by atoms with Crippen LogP contribution in [0, 0.1) is 6.92 Å². The number of aliphatic imine (C=N–C) groups is 1. The highest BCUT2D eigenvalue weighted by Gasteiger charge is 2.11. The van der Waals surface area contributed by atoms with Crippen LogP contribution >= 0.6 is 11.3 Å². The molecule has 0 radical (unpaired) electrons. The molecule has 0 aliphatic rings. The van der Waals surface area contributed by atoms with Gasteiger partial charge in [-0.1, -0.05) is 12.1 Å². The summed E-state index contributed by atoms with van der Waals surface area (Å²) in [5.74, 6) is 0.661. The highest BCUT2D eigenvalue weighted by molar-refractivity contribution is 7.90. The topological polar surface area (TPSA) is 86.7 Å². The van der Waals surface area contributed by atoms with Gasteiger partial charge >= 0.3 is 0 Å². The van der Waals surface area contributed by atoms with Crippen molar-refractivity contribution in [3.63, 3.8) is 0 Å². The van der Waals surface area contributed by atoms with E-state index in [2.05, 4.69) is 20.6 Å². The Labute approximate surface area is 159 Å². The Bertz CT molecular complexity index is 888. The number of nitrogens with zero attached hydrogens (tertiary/aromatic N) is 3. The molecule has 0 fully saturated rings. The fourth-order valence-electron chi connectivity index (χ4n) is 2.40. The van der Waals surface area contributed by atoms with Gasteiger partial charge in [0.1, 0.15) is 0 Å². The van der Waals surface area contributed by atoms with Gasteiger partial charge in [-0.05, 0) is 24.1 Å². The van der Waals surface area contributed by atoms with Crippen LogP contribution in [0.3, 0.4) is 0 Å². The first-order valence-electron chi connectivity index (χ1n) is 8.06. The fraction of sp³-hybridized carbons (Fsp3) is 0.412. The van der Waals surface area contributed by atoms with E-state index in [1.807, 2.05) is 36.5 Å². The second-order valence-electron chi connectivity index (χ2n) is 6.17. The van der Waals surface area contributed by atoms with Crippen LogP contribution in [0.2, 0.25) is 0 Å². The van der Waals surface area contributed by atoms with Crippen molar-refractivity contribution in [3.05, 3.63) is 40.4 Å². The van der Waals surface area contributed by atoms with Crippen LogP contribution in [-0.4, -0.2) is 46.8 Å². The molecule has 0 spiro atoms. The molecular formula is C17H25N5O2S2. The lowest BCUT2D eigenvalue weighted by Crippen LogP contribution is -2.36. The van der Waals surface area contributed by atoms with Gasteiger partial charge in [-0.3, -0.25) is 4.99 Å². The zero-order valence-electron chi connectivity index (χ0n) is 15.7. The Hall–Kier alpha value is -2.13. The number of hydrogen-bond donors (Lipinski definition) is 2. The average molecular weight is 396 g/mol. The van der Waals surface area contributed by atoms with Crippen molar-refractivity contribution in [1.29, 1.82) is 0 Å². The Morgan fingerprint density at radius 3 is 2.50 bits per heavy atom. The summed E-state index contributed by atoms with van der Waals surface area (Å²) in [6.45, 7) is 2.93. The highest BCUT2D eigenvalue weighted by Crippen LogP contribution is 2.18. The molecule has 0 atom stereocenters. The number of benzene rings is 1. The molecule has 1 aromatic heterocycles. The Kier molecular flexibility index (Phi) is 6.60. The lowest BCUT2D eigenvalue weighted by Gasteiger charge is -2.12. The molecule has 0 saturated carbocycles. The SMILES string of the molecule is CN=C(NCc1ccc(S(C)(=O)=O)c(C)c1)NCc1csc(N(C)C)n1. The normalized spacial score (nSPS) is 12.1. The summed E-state index contributed by atoms with van der Waals surface area (Å²) >= 11 is 1.60. The summed E-state index contributed by atoms with van der Waals surface area (Å²) in [7, 11) is 2.44. The number of anilines is 1. The lowest BCUT2D eigenvalue weighted by molar-refractivity contribution is 0.601. The number of aryl methyl sites for hydroxylation is 1. The first-order valence-corrected chi connectivity index (χ1v) is 10.8. The first-order chi connectivity index (χ1) is 12.2. The van der Waals surface area contributed by atoms with Crippen molar-refractivity contribution in [2.24, 2.45) is 4.99 Å². The predicted octanol–water partition coefficient (Wildman–Crippen LogP) is 1.79. The Balaban J connectivity index is 1.93. The van der Waals surface area contributed by atoms with Crippen LogP contribution in [0.5, 0.6) is 0 Å². The van der Waals surface area contributed by atoms with Gasteiger partial charge in [-0.2, -0.15) is 0 Å². The number of nitrogens with one attached hydrogen (secondary N) is 2. The Morgan fingerprint density at radius 1 is 1.27 bits per heavy atom. The third-order valence-electron chi connectivity index (χ3n) is 3.68. The van der Waals surface area contributed by atoms with Crippen molar-refractivity contribution in [3.8, 4) is 0 Å². The van der Waals surface area contributed by atoms with E-state index in [9.17, 15) is 8.42 Å². The summed E-state index contributed by atoms with van der Waals surface area (Å²) in [5.41, 5.74) is 2.69. The average Bonchev–Trinajstić information content (AvgIpc) is 3.03. The molecule has 1 heterocycles. The number of guanidine groups is 1. The molecule has 2 N–H and O–H groups in total. The monoisotopic (exact) mass is 395 g/mol. The number of thiazole rings is 1. The van der Waals surface area contributed by atoms with Crippen LogP contribution in [0.1, 0.15) is 16.8 Å². The summed E-state index contributed by atoms with van der Waals surface area (Å²) in [6.07, 6.45) is 1.22. The minimum atomic E-state index is -3.20. The van der Waals surface area contributed by atoms with E-state index in [1.54, 1.807) is 31.4 Å². The molecule has 0 saturated heterocycles. The standard InChI is InChI=1S/C17H25N5O2S2/c1-12-8-13(6-7-15(12)26(5,23)24)9-19-16(18-2)20-10-14-11-25-17(21-14)22(3)4/h6-8,11H,9-10H2,1-5H3,(H2,18,19,20). The second kappa shape index (κ2) is 8.50. The molecule has 0 amide bonds. The van der Waals surface area contributed by atoms with E-state index >= 15 is 0 Å². The summed E-state index contributed by atoms with van der Waals surface area (Å²) in [4.78, 5) is 11.1. The largest absolute Gasteiger partial charge is 0.354 e. The number of sulfone groups is 1. The first kappa shape index (κ1) is 20.2. The molecule has 7 nitrogen and oxygen atoms in total. The minimum absolute atomic E-state index is 0.365. The van der Waals surface area contributed by atoms with Crippen molar-refractivity contribution >= 4 is 32.3 Å². The molecule has 26 heavy (non-hydrogen) atoms. The van der Waals surface area contributed by atoms with Gasteiger partial charge in [0.25, 0.3) is 0 Å². The van der Waals surface area contributed by atoms with Gasteiger partial charge in [0.15, 0.2) is 20.9 Å². The molecule has 0 bridgehead atoms. The van der Waals surface area contributed by atoms with E-state index in [-0.39, 0.29) is 0 Å². The van der Waals surface area contributed by atoms with Crippen molar-refractivity contribution < 1.29 is 8.42 Å². The van der Waals surface area contributed by atoms with E-state index in [4.69, 9.17) is 0 Å². The van der Waals surface area contributed by atoms with Crippen LogP contribution in [0.25, 0.3) is 0 Å². The molecule has 2 rings (SSSR count). The molecule has 1 aromatic carbocycles. The van der Waals surface area contributed by atoms with Crippen LogP contribution < -0.4 is 15.5 Å². The van der Waals surface area contributed by atoms with Crippen LogP contribution in [0.4, 0.5) is 5.13 Å². The molecule has 2 aromatic rings. The fourth-order valence-corrected chi connectivity index (χ4v) is 4.12. The Morgan fingerprint density at radius 2 is 1.96 bits per heavy atom. The minimum Gasteiger partial charge on any atom is -0.354 e. The van der Waals surface area contributed by atoms with E-state index in [0.29, 0.717) is 23.9 Å². The number of hydrogen-bond acceptors (Lipinski definition) is 6. The third-order valence-corrected chi connectivity index (χ3v) is 6.00. The molecule has 9 heteroatoms. The highest BCUT2D eigenvalue weighted by atomic mass is 32.2. The maximum atomic E-state index is 11.7. The van der Waals surface area contributed by atoms with Gasteiger partial charge in [0.05, 0.1) is 17.1 Å². The van der Waals surface area contributed by atoms with Crippen molar-refractivity contribution in [2.45, 2.75) is 24.9 Å². The number of rotatable bonds is 6. The van der Waals surface area contributed by atoms with Crippen molar-refractivity contribution in [2.75, 3.05) is 32.3 Å². The van der Waals surface area contributed by atoms with Gasteiger partial charge in [-0.25, -0.2) is 13.4 Å². The van der Waals surface area contributed by atoms with Crippen molar-refractivity contribution in [1.82, 2.24) is 15.6 Å². The zero-order chi connectivity index (χ0) is 19.3. The van der Waals surface area contributed by atoms with E-state index < -0.39 is 9.84 Å². The molecule has 0 aliphatic carbocycles. The molecule has 0 aliphatic heterocycles. The summed E-state index contributed by atoms with van der Waals surface area (Å²) in [5, 5.41) is 9.43. The van der Waals surface area contributed by atoms with Gasteiger partial charge in [-0.15, -0.1) is 11.3 Å². The van der Waals surface area contributed by atoms with Gasteiger partial charge in [0.2, 0.25) is 0 Å². The zero-order valence-corrected chi connectivity index (χ0v) is 17.3. The predicted molar refractivity (Wildman–Crippen MR) is 108 cm³/mol.